The Hall–Kier alpha value is -3.95. The summed E-state index contributed by atoms with van der Waals surface area (Å²) in [6.45, 7) is 1.51. The van der Waals surface area contributed by atoms with Gasteiger partial charge in [-0.1, -0.05) is 84.6 Å². The number of aromatic nitrogens is 2. The molecule has 2 amide bonds. The van der Waals surface area contributed by atoms with Gasteiger partial charge in [0.1, 0.15) is 0 Å². The number of hydrogen-bond acceptors (Lipinski definition) is 6. The van der Waals surface area contributed by atoms with E-state index < -0.39 is 17.1 Å². The lowest BCUT2D eigenvalue weighted by Gasteiger charge is -2.20. The third-order valence-corrected chi connectivity index (χ3v) is 7.74. The molecule has 0 spiro atoms. The summed E-state index contributed by atoms with van der Waals surface area (Å²) >= 11 is 0.986. The summed E-state index contributed by atoms with van der Waals surface area (Å²) in [6.07, 6.45) is 1.64. The molecule has 1 unspecified atom stereocenters. The molecule has 1 aliphatic heterocycles. The first-order valence-electron chi connectivity index (χ1n) is 13.0. The van der Waals surface area contributed by atoms with Gasteiger partial charge >= 0.3 is 0 Å². The van der Waals surface area contributed by atoms with Crippen LogP contribution in [0.3, 0.4) is 0 Å². The zero-order chi connectivity index (χ0) is 27.0. The highest BCUT2D eigenvalue weighted by Gasteiger charge is 2.31. The van der Waals surface area contributed by atoms with Crippen LogP contribution >= 0.6 is 11.8 Å². The number of ether oxygens (including phenoxy) is 1. The molecule has 1 fully saturated rings. The van der Waals surface area contributed by atoms with Crippen LogP contribution in [0.2, 0.25) is 0 Å². The number of para-hydroxylation sites is 1. The van der Waals surface area contributed by atoms with Crippen LogP contribution in [0.15, 0.2) is 94.9 Å². The fourth-order valence-corrected chi connectivity index (χ4v) is 5.50. The van der Waals surface area contributed by atoms with E-state index in [2.05, 4.69) is 10.6 Å². The fourth-order valence-electron chi connectivity index (χ4n) is 4.48. The number of nitrogens with one attached hydrogen (secondary N) is 2. The minimum atomic E-state index is -1.17. The molecule has 5 rings (SSSR count). The Labute approximate surface area is 230 Å². The van der Waals surface area contributed by atoms with Gasteiger partial charge in [-0.05, 0) is 36.1 Å². The van der Waals surface area contributed by atoms with Crippen molar-refractivity contribution in [3.8, 4) is 0 Å². The zero-order valence-corrected chi connectivity index (χ0v) is 22.2. The van der Waals surface area contributed by atoms with Crippen LogP contribution in [0.25, 0.3) is 10.9 Å². The summed E-state index contributed by atoms with van der Waals surface area (Å²) in [7, 11) is 0. The summed E-state index contributed by atoms with van der Waals surface area (Å²) in [5.41, 5.74) is 2.13. The predicted octanol–water partition coefficient (Wildman–Crippen LogP) is 3.67. The molecule has 39 heavy (non-hydrogen) atoms. The third kappa shape index (κ3) is 6.74. The molecule has 0 aliphatic carbocycles. The summed E-state index contributed by atoms with van der Waals surface area (Å²) in [5.74, 6) is -0.916. The number of nitrogens with zero attached hydrogens (tertiary/aromatic N) is 2. The molecule has 3 aromatic carbocycles. The first-order chi connectivity index (χ1) is 19.1. The number of carbonyl (C=O) groups is 2. The highest BCUT2D eigenvalue weighted by molar-refractivity contribution is 8.01. The molecule has 1 aliphatic rings. The van der Waals surface area contributed by atoms with E-state index in [-0.39, 0.29) is 24.8 Å². The van der Waals surface area contributed by atoms with Gasteiger partial charge in [0.05, 0.1) is 23.6 Å². The molecule has 200 valence electrons. The van der Waals surface area contributed by atoms with Crippen molar-refractivity contribution >= 4 is 34.5 Å². The minimum absolute atomic E-state index is 0.123. The second kappa shape index (κ2) is 12.7. The summed E-state index contributed by atoms with van der Waals surface area (Å²) in [5, 5.41) is 5.39. The average Bonchev–Trinajstić information content (AvgIpc) is 3.49. The standard InChI is InChI=1S/C30H30N4O4S/c35-27(31-18-21-10-3-1-4-11-21)26(28(36)32-19-22-12-5-2-6-13-22)39-30-33-25-16-8-7-15-24(25)29(37)34(30)20-23-14-9-17-38-23/h1-8,10-13,15-16,23,26H,9,14,17-20H2,(H,31,35)(H,32,36). The highest BCUT2D eigenvalue weighted by atomic mass is 32.2. The van der Waals surface area contributed by atoms with Crippen molar-refractivity contribution in [2.45, 2.75) is 49.0 Å². The fraction of sp³-hybridized carbons (Fsp3) is 0.267. The van der Waals surface area contributed by atoms with Gasteiger partial charge in [-0.15, -0.1) is 0 Å². The average molecular weight is 543 g/mol. The lowest BCUT2D eigenvalue weighted by molar-refractivity contribution is -0.128. The number of rotatable bonds is 10. The topological polar surface area (TPSA) is 102 Å². The van der Waals surface area contributed by atoms with E-state index in [1.165, 1.54) is 0 Å². The quantitative estimate of drug-likeness (QED) is 0.180. The number of fused-ring (bicyclic) bond motifs is 1. The molecule has 1 saturated heterocycles. The van der Waals surface area contributed by atoms with Crippen LogP contribution in [0.1, 0.15) is 24.0 Å². The van der Waals surface area contributed by atoms with Gasteiger partial charge in [-0.2, -0.15) is 0 Å². The molecule has 9 heteroatoms. The Balaban J connectivity index is 1.44. The second-order valence-electron chi connectivity index (χ2n) is 9.37. The summed E-state index contributed by atoms with van der Waals surface area (Å²) < 4.78 is 7.35. The largest absolute Gasteiger partial charge is 0.376 e. The molecule has 0 bridgehead atoms. The van der Waals surface area contributed by atoms with Gasteiger partial charge in [0.2, 0.25) is 11.8 Å². The molecule has 4 aromatic rings. The van der Waals surface area contributed by atoms with Crippen molar-refractivity contribution in [2.75, 3.05) is 6.61 Å². The van der Waals surface area contributed by atoms with Crippen LogP contribution in [0.4, 0.5) is 0 Å². The molecule has 2 N–H and O–H groups in total. The number of hydrogen-bond donors (Lipinski definition) is 2. The number of carbonyl (C=O) groups excluding carboxylic acids is 2. The highest BCUT2D eigenvalue weighted by Crippen LogP contribution is 2.25. The Morgan fingerprint density at radius 3 is 2.08 bits per heavy atom. The van der Waals surface area contributed by atoms with Crippen LogP contribution in [-0.2, 0) is 34.0 Å². The number of amides is 2. The molecule has 1 atom stereocenters. The van der Waals surface area contributed by atoms with E-state index in [1.54, 1.807) is 22.8 Å². The van der Waals surface area contributed by atoms with Crippen LogP contribution in [0.5, 0.6) is 0 Å². The van der Waals surface area contributed by atoms with E-state index in [1.807, 2.05) is 66.7 Å². The van der Waals surface area contributed by atoms with E-state index in [0.29, 0.717) is 29.2 Å². The predicted molar refractivity (Wildman–Crippen MR) is 151 cm³/mol. The van der Waals surface area contributed by atoms with Crippen molar-refractivity contribution in [1.82, 2.24) is 20.2 Å². The van der Waals surface area contributed by atoms with Crippen molar-refractivity contribution in [2.24, 2.45) is 0 Å². The number of benzene rings is 3. The van der Waals surface area contributed by atoms with Gasteiger partial charge in [0.25, 0.3) is 5.56 Å². The van der Waals surface area contributed by atoms with E-state index in [9.17, 15) is 14.4 Å². The normalized spacial score (nSPS) is 14.9. The van der Waals surface area contributed by atoms with Crippen LogP contribution < -0.4 is 16.2 Å². The van der Waals surface area contributed by atoms with Gasteiger partial charge in [0.15, 0.2) is 10.4 Å². The molecular weight excluding hydrogens is 512 g/mol. The molecular formula is C30H30N4O4S. The summed E-state index contributed by atoms with van der Waals surface area (Å²) in [6, 6.07) is 26.1. The lowest BCUT2D eigenvalue weighted by atomic mass is 10.2. The molecule has 8 nitrogen and oxygen atoms in total. The van der Waals surface area contributed by atoms with E-state index in [0.717, 1.165) is 35.7 Å². The Kier molecular flexibility index (Phi) is 8.70. The van der Waals surface area contributed by atoms with Crippen molar-refractivity contribution in [3.63, 3.8) is 0 Å². The molecule has 2 heterocycles. The maximum Gasteiger partial charge on any atom is 0.262 e. The third-order valence-electron chi connectivity index (χ3n) is 6.56. The monoisotopic (exact) mass is 542 g/mol. The second-order valence-corrected chi connectivity index (χ2v) is 10.4. The number of thioether (sulfide) groups is 1. The van der Waals surface area contributed by atoms with Gasteiger partial charge in [0, 0.05) is 19.7 Å². The van der Waals surface area contributed by atoms with Crippen molar-refractivity contribution in [3.05, 3.63) is 106 Å². The Bertz CT molecular complexity index is 1430. The smallest absolute Gasteiger partial charge is 0.262 e. The first-order valence-corrected chi connectivity index (χ1v) is 13.9. The van der Waals surface area contributed by atoms with Crippen LogP contribution in [0, 0.1) is 0 Å². The molecule has 0 radical (unpaired) electrons. The van der Waals surface area contributed by atoms with Crippen molar-refractivity contribution < 1.29 is 14.3 Å². The minimum Gasteiger partial charge on any atom is -0.376 e. The first kappa shape index (κ1) is 26.6. The van der Waals surface area contributed by atoms with Crippen molar-refractivity contribution in [1.29, 1.82) is 0 Å². The van der Waals surface area contributed by atoms with Gasteiger partial charge in [-0.25, -0.2) is 4.98 Å². The SMILES string of the molecule is O=C(NCc1ccccc1)C(Sc1nc2ccccc2c(=O)n1CC1CCCO1)C(=O)NCc1ccccc1. The molecule has 1 aromatic heterocycles. The lowest BCUT2D eigenvalue weighted by Crippen LogP contribution is -2.44. The van der Waals surface area contributed by atoms with Crippen LogP contribution in [-0.4, -0.2) is 39.3 Å². The van der Waals surface area contributed by atoms with E-state index >= 15 is 0 Å². The zero-order valence-electron chi connectivity index (χ0n) is 21.4. The van der Waals surface area contributed by atoms with E-state index in [4.69, 9.17) is 9.72 Å². The Morgan fingerprint density at radius 2 is 1.49 bits per heavy atom. The van der Waals surface area contributed by atoms with Gasteiger partial charge < -0.3 is 15.4 Å². The Morgan fingerprint density at radius 1 is 0.897 bits per heavy atom. The maximum atomic E-state index is 13.5. The summed E-state index contributed by atoms with van der Waals surface area (Å²) in [4.78, 5) is 45.2. The maximum absolute atomic E-state index is 13.5. The molecule has 0 saturated carbocycles. The van der Waals surface area contributed by atoms with Gasteiger partial charge in [-0.3, -0.25) is 19.0 Å².